The Morgan fingerprint density at radius 3 is 2.27 bits per heavy atom. The molecule has 1 saturated heterocycles. The molecule has 1 fully saturated rings. The van der Waals surface area contributed by atoms with Crippen LogP contribution >= 0.6 is 0 Å². The highest BCUT2D eigenvalue weighted by Crippen LogP contribution is 2.18. The number of nitrogens with zero attached hydrogens (tertiary/aromatic N) is 1. The minimum atomic E-state index is 0.126. The number of amides is 1. The molecule has 114 valence electrons. The van der Waals surface area contributed by atoms with E-state index in [1.165, 1.54) is 11.1 Å². The van der Waals surface area contributed by atoms with Crippen LogP contribution in [0.4, 0.5) is 0 Å². The maximum Gasteiger partial charge on any atom is 0.223 e. The van der Waals surface area contributed by atoms with Gasteiger partial charge in [-0.05, 0) is 17.5 Å². The van der Waals surface area contributed by atoms with Crippen LogP contribution in [-0.4, -0.2) is 23.5 Å². The summed E-state index contributed by atoms with van der Waals surface area (Å²) in [6.45, 7) is 1.96. The van der Waals surface area contributed by atoms with Gasteiger partial charge in [-0.1, -0.05) is 60.7 Å². The van der Waals surface area contributed by atoms with Gasteiger partial charge in [-0.2, -0.15) is 0 Å². The highest BCUT2D eigenvalue weighted by Gasteiger charge is 2.26. The second kappa shape index (κ2) is 7.23. The zero-order valence-electron chi connectivity index (χ0n) is 12.7. The first kappa shape index (κ1) is 14.8. The lowest BCUT2D eigenvalue weighted by atomic mass is 10.1. The summed E-state index contributed by atoms with van der Waals surface area (Å²) in [5, 5.41) is 0. The van der Waals surface area contributed by atoms with Crippen LogP contribution in [0.25, 0.3) is 0 Å². The number of ether oxygens (including phenoxy) is 1. The summed E-state index contributed by atoms with van der Waals surface area (Å²) in [6, 6.07) is 20.3. The highest BCUT2D eigenvalue weighted by atomic mass is 16.5. The molecule has 3 nitrogen and oxygen atoms in total. The SMILES string of the molecule is O=C1CCC(OCc2ccccc2)CN1Cc1ccccc1. The molecular weight excluding hydrogens is 274 g/mol. The van der Waals surface area contributed by atoms with Gasteiger partial charge in [0.05, 0.1) is 12.7 Å². The molecule has 0 spiro atoms. The number of hydrogen-bond acceptors (Lipinski definition) is 2. The van der Waals surface area contributed by atoms with Crippen molar-refractivity contribution < 1.29 is 9.53 Å². The zero-order chi connectivity index (χ0) is 15.2. The number of carbonyl (C=O) groups excluding carboxylic acids is 1. The Kier molecular flexibility index (Phi) is 4.86. The van der Waals surface area contributed by atoms with Crippen LogP contribution in [0.2, 0.25) is 0 Å². The molecule has 0 aromatic heterocycles. The Morgan fingerprint density at radius 1 is 0.955 bits per heavy atom. The number of benzene rings is 2. The first-order chi connectivity index (χ1) is 10.8. The molecule has 0 radical (unpaired) electrons. The number of carbonyl (C=O) groups is 1. The first-order valence-corrected chi connectivity index (χ1v) is 7.78. The van der Waals surface area contributed by atoms with Gasteiger partial charge >= 0.3 is 0 Å². The Balaban J connectivity index is 1.55. The summed E-state index contributed by atoms with van der Waals surface area (Å²) in [5.41, 5.74) is 2.34. The molecule has 1 heterocycles. The van der Waals surface area contributed by atoms with Crippen LogP contribution in [0.3, 0.4) is 0 Å². The molecule has 3 heteroatoms. The van der Waals surface area contributed by atoms with Crippen LogP contribution in [0.1, 0.15) is 24.0 Å². The smallest absolute Gasteiger partial charge is 0.223 e. The van der Waals surface area contributed by atoms with Crippen molar-refractivity contribution >= 4 is 5.91 Å². The number of hydrogen-bond donors (Lipinski definition) is 0. The predicted octanol–water partition coefficient (Wildman–Crippen LogP) is 3.39. The summed E-state index contributed by atoms with van der Waals surface area (Å²) in [5.74, 6) is 0.225. The Bertz CT molecular complexity index is 597. The van der Waals surface area contributed by atoms with Gasteiger partial charge in [-0.25, -0.2) is 0 Å². The van der Waals surface area contributed by atoms with Crippen LogP contribution in [0, 0.1) is 0 Å². The summed E-state index contributed by atoms with van der Waals surface area (Å²) < 4.78 is 5.99. The molecule has 1 unspecified atom stereocenters. The second-order valence-corrected chi connectivity index (χ2v) is 5.72. The molecule has 3 rings (SSSR count). The largest absolute Gasteiger partial charge is 0.372 e. The summed E-state index contributed by atoms with van der Waals surface area (Å²) in [6.07, 6.45) is 1.52. The Hall–Kier alpha value is -2.13. The molecular formula is C19H21NO2. The van der Waals surface area contributed by atoms with Crippen molar-refractivity contribution in [1.29, 1.82) is 0 Å². The first-order valence-electron chi connectivity index (χ1n) is 7.78. The minimum absolute atomic E-state index is 0.126. The molecule has 0 bridgehead atoms. The molecule has 1 aliphatic heterocycles. The quantitative estimate of drug-likeness (QED) is 0.846. The fourth-order valence-corrected chi connectivity index (χ4v) is 2.76. The fraction of sp³-hybridized carbons (Fsp3) is 0.316. The van der Waals surface area contributed by atoms with E-state index in [-0.39, 0.29) is 12.0 Å². The summed E-state index contributed by atoms with van der Waals surface area (Å²) in [7, 11) is 0. The molecule has 1 amide bonds. The summed E-state index contributed by atoms with van der Waals surface area (Å²) >= 11 is 0. The van der Waals surface area contributed by atoms with E-state index in [0.29, 0.717) is 26.1 Å². The zero-order valence-corrected chi connectivity index (χ0v) is 12.7. The van der Waals surface area contributed by atoms with Crippen LogP contribution in [-0.2, 0) is 22.7 Å². The third-order valence-corrected chi connectivity index (χ3v) is 4.00. The van der Waals surface area contributed by atoms with Gasteiger partial charge < -0.3 is 9.64 Å². The highest BCUT2D eigenvalue weighted by molar-refractivity contribution is 5.77. The van der Waals surface area contributed by atoms with Gasteiger partial charge in [0.2, 0.25) is 5.91 Å². The van der Waals surface area contributed by atoms with Crippen molar-refractivity contribution in [1.82, 2.24) is 4.90 Å². The van der Waals surface area contributed by atoms with E-state index in [2.05, 4.69) is 24.3 Å². The molecule has 0 aliphatic carbocycles. The molecule has 2 aromatic carbocycles. The average molecular weight is 295 g/mol. The van der Waals surface area contributed by atoms with E-state index in [1.54, 1.807) is 0 Å². The minimum Gasteiger partial charge on any atom is -0.372 e. The number of piperidine rings is 1. The van der Waals surface area contributed by atoms with E-state index in [9.17, 15) is 4.79 Å². The van der Waals surface area contributed by atoms with Crippen molar-refractivity contribution in [3.05, 3.63) is 71.8 Å². The van der Waals surface area contributed by atoms with Gasteiger partial charge in [-0.3, -0.25) is 4.79 Å². The van der Waals surface area contributed by atoms with Gasteiger partial charge in [0.1, 0.15) is 0 Å². The molecule has 0 N–H and O–H groups in total. The monoisotopic (exact) mass is 295 g/mol. The Morgan fingerprint density at radius 2 is 1.59 bits per heavy atom. The lowest BCUT2D eigenvalue weighted by Gasteiger charge is -2.32. The second-order valence-electron chi connectivity index (χ2n) is 5.72. The van der Waals surface area contributed by atoms with Gasteiger partial charge in [-0.15, -0.1) is 0 Å². The van der Waals surface area contributed by atoms with E-state index in [0.717, 1.165) is 6.42 Å². The molecule has 0 saturated carbocycles. The number of rotatable bonds is 5. The summed E-state index contributed by atoms with van der Waals surface area (Å²) in [4.78, 5) is 14.0. The van der Waals surface area contributed by atoms with Crippen LogP contribution < -0.4 is 0 Å². The third-order valence-electron chi connectivity index (χ3n) is 4.00. The lowest BCUT2D eigenvalue weighted by Crippen LogP contribution is -2.42. The van der Waals surface area contributed by atoms with Crippen LogP contribution in [0.5, 0.6) is 0 Å². The van der Waals surface area contributed by atoms with Crippen molar-refractivity contribution in [3.63, 3.8) is 0 Å². The van der Waals surface area contributed by atoms with Crippen molar-refractivity contribution in [2.24, 2.45) is 0 Å². The molecule has 1 atom stereocenters. The average Bonchev–Trinajstić information content (AvgIpc) is 2.57. The van der Waals surface area contributed by atoms with E-state index < -0.39 is 0 Å². The molecule has 22 heavy (non-hydrogen) atoms. The fourth-order valence-electron chi connectivity index (χ4n) is 2.76. The Labute approximate surface area is 131 Å². The molecule has 2 aromatic rings. The van der Waals surface area contributed by atoms with Gasteiger partial charge in [0.25, 0.3) is 0 Å². The van der Waals surface area contributed by atoms with E-state index in [4.69, 9.17) is 4.74 Å². The van der Waals surface area contributed by atoms with Crippen molar-refractivity contribution in [2.45, 2.75) is 32.1 Å². The van der Waals surface area contributed by atoms with E-state index >= 15 is 0 Å². The topological polar surface area (TPSA) is 29.5 Å². The number of likely N-dealkylation sites (tertiary alicyclic amines) is 1. The van der Waals surface area contributed by atoms with Crippen LogP contribution in [0.15, 0.2) is 60.7 Å². The van der Waals surface area contributed by atoms with Gasteiger partial charge in [0.15, 0.2) is 0 Å². The molecule has 1 aliphatic rings. The predicted molar refractivity (Wildman–Crippen MR) is 86.1 cm³/mol. The normalized spacial score (nSPS) is 18.5. The maximum absolute atomic E-state index is 12.1. The van der Waals surface area contributed by atoms with Gasteiger partial charge in [0, 0.05) is 19.5 Å². The van der Waals surface area contributed by atoms with Crippen molar-refractivity contribution in [2.75, 3.05) is 6.54 Å². The standard InChI is InChI=1S/C19H21NO2/c21-19-12-11-18(22-15-17-9-5-2-6-10-17)14-20(19)13-16-7-3-1-4-8-16/h1-10,18H,11-15H2. The van der Waals surface area contributed by atoms with E-state index in [1.807, 2.05) is 41.3 Å². The van der Waals surface area contributed by atoms with Crippen molar-refractivity contribution in [3.8, 4) is 0 Å². The third kappa shape index (κ3) is 3.95. The lowest BCUT2D eigenvalue weighted by molar-refractivity contribution is -0.139. The maximum atomic E-state index is 12.1.